The van der Waals surface area contributed by atoms with Crippen molar-refractivity contribution in [1.82, 2.24) is 0 Å². The summed E-state index contributed by atoms with van der Waals surface area (Å²) in [5, 5.41) is 8.37. The second kappa shape index (κ2) is 3.33. The first-order valence-electron chi connectivity index (χ1n) is 1.77. The first kappa shape index (κ1) is 6.14. The van der Waals surface area contributed by atoms with Crippen molar-refractivity contribution in [2.75, 3.05) is 14.2 Å². The summed E-state index contributed by atoms with van der Waals surface area (Å²) in [6.45, 7) is 0. The lowest BCUT2D eigenvalue weighted by Gasteiger charge is -1.92. The molecule has 0 aliphatic heterocycles. The molecule has 0 aromatic rings. The van der Waals surface area contributed by atoms with E-state index in [1.54, 1.807) is 0 Å². The van der Waals surface area contributed by atoms with Gasteiger partial charge in [0.2, 0.25) is 0 Å². The molecule has 0 amide bonds. The smallest absolute Gasteiger partial charge is 0.312 e. The van der Waals surface area contributed by atoms with E-state index in [9.17, 15) is 0 Å². The van der Waals surface area contributed by atoms with Crippen molar-refractivity contribution in [3.05, 3.63) is 12.2 Å². The molecule has 0 atom stereocenters. The predicted molar refractivity (Wildman–Crippen MR) is 24.7 cm³/mol. The summed E-state index contributed by atoms with van der Waals surface area (Å²) < 4.78 is 8.64. The van der Waals surface area contributed by atoms with Crippen LogP contribution in [0.15, 0.2) is 12.2 Å². The summed E-state index contributed by atoms with van der Waals surface area (Å²) in [5.74, 6) is -0.220. The Hall–Kier alpha value is -0.860. The van der Waals surface area contributed by atoms with E-state index >= 15 is 0 Å². The van der Waals surface area contributed by atoms with Crippen molar-refractivity contribution in [2.24, 2.45) is 0 Å². The Balaban J connectivity index is 3.29. The summed E-state index contributed by atoms with van der Waals surface area (Å²) in [7, 11) is 2.78. The zero-order valence-corrected chi connectivity index (χ0v) is 4.34. The van der Waals surface area contributed by atoms with Gasteiger partial charge >= 0.3 is 5.95 Å². The number of aliphatic hydroxyl groups is 1. The lowest BCUT2D eigenvalue weighted by atomic mass is 11.0. The van der Waals surface area contributed by atoms with Crippen molar-refractivity contribution < 1.29 is 14.6 Å². The van der Waals surface area contributed by atoms with E-state index in [-0.39, 0.29) is 5.95 Å². The highest BCUT2D eigenvalue weighted by atomic mass is 16.6. The van der Waals surface area contributed by atoms with Crippen LogP contribution in [0.5, 0.6) is 0 Å². The molecule has 0 radical (unpaired) electrons. The van der Waals surface area contributed by atoms with Gasteiger partial charge in [-0.2, -0.15) is 0 Å². The van der Waals surface area contributed by atoms with Crippen LogP contribution in [0.3, 0.4) is 0 Å². The van der Waals surface area contributed by atoms with E-state index in [0.29, 0.717) is 0 Å². The Kier molecular flexibility index (Phi) is 2.92. The standard InChI is InChI=1S/C4H8O3/c1-6-3-4(5)7-2/h3,5H,1-2H3/b4-3-. The fourth-order valence-electron chi connectivity index (χ4n) is 0.149. The molecule has 0 saturated heterocycles. The highest BCUT2D eigenvalue weighted by Crippen LogP contribution is 1.84. The molecule has 0 rings (SSSR count). The largest absolute Gasteiger partial charge is 0.497 e. The van der Waals surface area contributed by atoms with E-state index in [0.717, 1.165) is 6.26 Å². The zero-order valence-electron chi connectivity index (χ0n) is 4.34. The third-order valence-corrected chi connectivity index (χ3v) is 0.428. The van der Waals surface area contributed by atoms with Gasteiger partial charge in [-0.25, -0.2) is 0 Å². The molecule has 0 unspecified atom stereocenters. The second-order valence-electron chi connectivity index (χ2n) is 0.896. The molecule has 0 bridgehead atoms. The predicted octanol–water partition coefficient (Wildman–Crippen LogP) is 0.636. The lowest BCUT2D eigenvalue weighted by molar-refractivity contribution is 0.116. The van der Waals surface area contributed by atoms with Gasteiger partial charge < -0.3 is 14.6 Å². The first-order valence-corrected chi connectivity index (χ1v) is 1.77. The van der Waals surface area contributed by atoms with Crippen LogP contribution in [0.25, 0.3) is 0 Å². The van der Waals surface area contributed by atoms with Crippen molar-refractivity contribution in [2.45, 2.75) is 0 Å². The lowest BCUT2D eigenvalue weighted by Crippen LogP contribution is -1.82. The number of hydrogen-bond acceptors (Lipinski definition) is 3. The normalized spacial score (nSPS) is 10.9. The molecular weight excluding hydrogens is 96.0 g/mol. The SMILES string of the molecule is CO/C=C(/O)OC. The van der Waals surface area contributed by atoms with Gasteiger partial charge in [0.25, 0.3) is 0 Å². The molecule has 7 heavy (non-hydrogen) atoms. The number of hydrogen-bond donors (Lipinski definition) is 1. The maximum atomic E-state index is 8.37. The molecular formula is C4H8O3. The fourth-order valence-corrected chi connectivity index (χ4v) is 0.149. The van der Waals surface area contributed by atoms with Gasteiger partial charge in [0, 0.05) is 0 Å². The quantitative estimate of drug-likeness (QED) is 0.522. The Morgan fingerprint density at radius 1 is 1.57 bits per heavy atom. The third kappa shape index (κ3) is 2.96. The van der Waals surface area contributed by atoms with Crippen molar-refractivity contribution in [3.8, 4) is 0 Å². The Bertz CT molecular complexity index is 67.3. The van der Waals surface area contributed by atoms with Crippen LogP contribution in [0.4, 0.5) is 0 Å². The van der Waals surface area contributed by atoms with Gasteiger partial charge in [0.15, 0.2) is 6.26 Å². The Morgan fingerprint density at radius 3 is 2.29 bits per heavy atom. The van der Waals surface area contributed by atoms with Crippen molar-refractivity contribution in [1.29, 1.82) is 0 Å². The van der Waals surface area contributed by atoms with E-state index in [4.69, 9.17) is 5.11 Å². The summed E-state index contributed by atoms with van der Waals surface area (Å²) >= 11 is 0. The number of methoxy groups -OCH3 is 2. The van der Waals surface area contributed by atoms with Gasteiger partial charge in [-0.15, -0.1) is 0 Å². The van der Waals surface area contributed by atoms with E-state index < -0.39 is 0 Å². The van der Waals surface area contributed by atoms with Crippen LogP contribution in [0, 0.1) is 0 Å². The van der Waals surface area contributed by atoms with Crippen LogP contribution in [-0.2, 0) is 9.47 Å². The second-order valence-corrected chi connectivity index (χ2v) is 0.896. The summed E-state index contributed by atoms with van der Waals surface area (Å²) in [5.41, 5.74) is 0. The third-order valence-electron chi connectivity index (χ3n) is 0.428. The first-order chi connectivity index (χ1) is 3.31. The van der Waals surface area contributed by atoms with Gasteiger partial charge in [0.05, 0.1) is 14.2 Å². The molecule has 1 N–H and O–H groups in total. The maximum absolute atomic E-state index is 8.37. The molecule has 0 aliphatic rings. The molecule has 0 aliphatic carbocycles. The topological polar surface area (TPSA) is 38.7 Å². The van der Waals surface area contributed by atoms with Crippen LogP contribution < -0.4 is 0 Å². The minimum absolute atomic E-state index is 0.220. The molecule has 42 valence electrons. The van der Waals surface area contributed by atoms with E-state index in [1.165, 1.54) is 14.2 Å². The minimum Gasteiger partial charge on any atom is -0.497 e. The van der Waals surface area contributed by atoms with E-state index in [2.05, 4.69) is 9.47 Å². The average Bonchev–Trinajstić information content (AvgIpc) is 1.68. The average molecular weight is 104 g/mol. The molecule has 0 saturated carbocycles. The Labute approximate surface area is 42.2 Å². The van der Waals surface area contributed by atoms with Crippen molar-refractivity contribution >= 4 is 0 Å². The van der Waals surface area contributed by atoms with Crippen LogP contribution in [0.1, 0.15) is 0 Å². The van der Waals surface area contributed by atoms with Crippen LogP contribution in [0.2, 0.25) is 0 Å². The summed E-state index contributed by atoms with van der Waals surface area (Å²) in [6, 6.07) is 0. The molecule has 3 heteroatoms. The van der Waals surface area contributed by atoms with E-state index in [1.807, 2.05) is 0 Å². The van der Waals surface area contributed by atoms with Gasteiger partial charge in [-0.1, -0.05) is 0 Å². The molecule has 0 fully saturated rings. The number of aliphatic hydroxyl groups excluding tert-OH is 1. The molecule has 0 aromatic heterocycles. The molecule has 0 aromatic carbocycles. The molecule has 3 nitrogen and oxygen atoms in total. The minimum atomic E-state index is -0.220. The maximum Gasteiger partial charge on any atom is 0.312 e. The monoisotopic (exact) mass is 104 g/mol. The summed E-state index contributed by atoms with van der Waals surface area (Å²) in [6.07, 6.45) is 1.10. The Morgan fingerprint density at radius 2 is 2.14 bits per heavy atom. The summed E-state index contributed by atoms with van der Waals surface area (Å²) in [4.78, 5) is 0. The highest BCUT2D eigenvalue weighted by molar-refractivity contribution is 4.69. The zero-order chi connectivity index (χ0) is 5.70. The highest BCUT2D eigenvalue weighted by Gasteiger charge is 1.81. The molecule has 0 heterocycles. The fraction of sp³-hybridized carbons (Fsp3) is 0.500. The van der Waals surface area contributed by atoms with Gasteiger partial charge in [-0.3, -0.25) is 0 Å². The number of ether oxygens (including phenoxy) is 2. The molecule has 0 spiro atoms. The number of rotatable bonds is 2. The van der Waals surface area contributed by atoms with Crippen molar-refractivity contribution in [3.63, 3.8) is 0 Å². The van der Waals surface area contributed by atoms with Gasteiger partial charge in [-0.05, 0) is 0 Å². The van der Waals surface area contributed by atoms with Crippen LogP contribution >= 0.6 is 0 Å². The van der Waals surface area contributed by atoms with Gasteiger partial charge in [0.1, 0.15) is 0 Å². The van der Waals surface area contributed by atoms with Crippen LogP contribution in [-0.4, -0.2) is 19.3 Å².